The van der Waals surface area contributed by atoms with Crippen molar-refractivity contribution >= 4 is 0 Å². The van der Waals surface area contributed by atoms with E-state index < -0.39 is 0 Å². The van der Waals surface area contributed by atoms with Crippen LogP contribution in [0.2, 0.25) is 0 Å². The van der Waals surface area contributed by atoms with E-state index in [1.807, 2.05) is 0 Å². The predicted octanol–water partition coefficient (Wildman–Crippen LogP) is 8.27. The molecular weight excluding hydrogens is 388 g/mol. The van der Waals surface area contributed by atoms with Crippen molar-refractivity contribution in [3.63, 3.8) is 0 Å². The molecule has 3 rings (SSSR count). The van der Waals surface area contributed by atoms with Crippen molar-refractivity contribution in [3.8, 4) is 0 Å². The van der Waals surface area contributed by atoms with E-state index in [1.54, 1.807) is 6.08 Å². The Labute approximate surface area is 196 Å². The van der Waals surface area contributed by atoms with Crippen LogP contribution >= 0.6 is 0 Å². The highest BCUT2D eigenvalue weighted by atomic mass is 16.5. The fourth-order valence-electron chi connectivity index (χ4n) is 4.98. The van der Waals surface area contributed by atoms with E-state index in [-0.39, 0.29) is 0 Å². The fourth-order valence-corrected chi connectivity index (χ4v) is 4.98. The third kappa shape index (κ3) is 8.79. The molecule has 0 amide bonds. The average molecular weight is 431 g/mol. The van der Waals surface area contributed by atoms with Crippen molar-refractivity contribution in [1.82, 2.24) is 0 Å². The molecule has 1 fully saturated rings. The Hall–Kier alpha value is -2.12. The summed E-state index contributed by atoms with van der Waals surface area (Å²) in [6.07, 6.45) is 18.4. The van der Waals surface area contributed by atoms with E-state index in [0.717, 1.165) is 24.7 Å². The first-order valence-electron chi connectivity index (χ1n) is 12.7. The van der Waals surface area contributed by atoms with Gasteiger partial charge in [0, 0.05) is 0 Å². The van der Waals surface area contributed by atoms with E-state index in [9.17, 15) is 0 Å². The lowest BCUT2D eigenvalue weighted by molar-refractivity contribution is 0.149. The van der Waals surface area contributed by atoms with Crippen LogP contribution in [0.3, 0.4) is 0 Å². The van der Waals surface area contributed by atoms with Gasteiger partial charge in [0.25, 0.3) is 0 Å². The lowest BCUT2D eigenvalue weighted by Gasteiger charge is -2.27. The summed E-state index contributed by atoms with van der Waals surface area (Å²) in [7, 11) is 0. The largest absolute Gasteiger partial charge is 0.373 e. The van der Waals surface area contributed by atoms with E-state index in [0.29, 0.717) is 13.2 Å². The molecule has 1 aliphatic carbocycles. The molecule has 0 unspecified atom stereocenters. The molecule has 0 bridgehead atoms. The van der Waals surface area contributed by atoms with Crippen molar-refractivity contribution < 1.29 is 4.74 Å². The quantitative estimate of drug-likeness (QED) is 0.216. The summed E-state index contributed by atoms with van der Waals surface area (Å²) in [6.45, 7) is 8.84. The summed E-state index contributed by atoms with van der Waals surface area (Å²) in [5.41, 5.74) is 5.54. The molecule has 0 atom stereocenters. The Bertz CT molecular complexity index is 778. The molecule has 0 heterocycles. The lowest BCUT2D eigenvalue weighted by atomic mass is 9.78. The molecule has 0 aliphatic heterocycles. The highest BCUT2D eigenvalue weighted by Gasteiger charge is 2.19. The Morgan fingerprint density at radius 3 is 1.75 bits per heavy atom. The maximum atomic E-state index is 5.51. The van der Waals surface area contributed by atoms with Crippen LogP contribution in [0.15, 0.2) is 73.8 Å². The molecular formula is C31H42O. The molecule has 1 heteroatoms. The second-order valence-electron chi connectivity index (χ2n) is 9.59. The van der Waals surface area contributed by atoms with Crippen molar-refractivity contribution in [3.05, 3.63) is 96.1 Å². The van der Waals surface area contributed by atoms with E-state index in [1.165, 1.54) is 80.0 Å². The Kier molecular flexibility index (Phi) is 10.8. The van der Waals surface area contributed by atoms with Crippen LogP contribution in [0.25, 0.3) is 0 Å². The molecule has 2 aromatic rings. The number of rotatable bonds is 14. The van der Waals surface area contributed by atoms with Crippen molar-refractivity contribution in [2.24, 2.45) is 11.8 Å². The second kappa shape index (κ2) is 14.1. The van der Waals surface area contributed by atoms with Gasteiger partial charge in [-0.1, -0.05) is 86.4 Å². The van der Waals surface area contributed by atoms with Crippen molar-refractivity contribution in [2.45, 2.75) is 77.2 Å². The Balaban J connectivity index is 1.30. The van der Waals surface area contributed by atoms with Crippen LogP contribution in [0, 0.1) is 11.8 Å². The molecule has 172 valence electrons. The lowest BCUT2D eigenvalue weighted by Crippen LogP contribution is -2.14. The number of ether oxygens (including phenoxy) is 1. The Morgan fingerprint density at radius 2 is 1.19 bits per heavy atom. The molecule has 1 nitrogen and oxygen atoms in total. The van der Waals surface area contributed by atoms with Crippen molar-refractivity contribution in [1.29, 1.82) is 0 Å². The molecule has 2 aromatic carbocycles. The zero-order valence-corrected chi connectivity index (χ0v) is 19.9. The standard InChI is InChI=1S/C31H42O/c1-3-7-26-10-12-27(13-11-26)8-5-6-9-28-14-16-29(17-15-28)18-19-30-20-22-31(23-21-30)25-32-24-4-2/h3-4,14-17,20-23,26-27H,1-2,5-13,18-19,24-25H2/t26-,27-. The zero-order chi connectivity index (χ0) is 22.4. The van der Waals surface area contributed by atoms with E-state index in [4.69, 9.17) is 4.74 Å². The normalized spacial score (nSPS) is 18.4. The summed E-state index contributed by atoms with van der Waals surface area (Å²) < 4.78 is 5.51. The summed E-state index contributed by atoms with van der Waals surface area (Å²) in [4.78, 5) is 0. The van der Waals surface area contributed by atoms with Crippen LogP contribution in [0.5, 0.6) is 0 Å². The van der Waals surface area contributed by atoms with Gasteiger partial charge in [-0.2, -0.15) is 0 Å². The maximum Gasteiger partial charge on any atom is 0.0721 e. The zero-order valence-electron chi connectivity index (χ0n) is 19.9. The second-order valence-corrected chi connectivity index (χ2v) is 9.59. The van der Waals surface area contributed by atoms with Crippen LogP contribution in [0.1, 0.15) is 73.6 Å². The van der Waals surface area contributed by atoms with E-state index >= 15 is 0 Å². The van der Waals surface area contributed by atoms with Gasteiger partial charge in [0.15, 0.2) is 0 Å². The molecule has 0 radical (unpaired) electrons. The minimum Gasteiger partial charge on any atom is -0.373 e. The molecule has 0 N–H and O–H groups in total. The summed E-state index contributed by atoms with van der Waals surface area (Å²) >= 11 is 0. The van der Waals surface area contributed by atoms with Gasteiger partial charge >= 0.3 is 0 Å². The molecule has 0 aromatic heterocycles. The van der Waals surface area contributed by atoms with Crippen LogP contribution in [-0.4, -0.2) is 6.61 Å². The molecule has 0 saturated heterocycles. The number of unbranched alkanes of at least 4 members (excludes halogenated alkanes) is 1. The smallest absolute Gasteiger partial charge is 0.0721 e. The van der Waals surface area contributed by atoms with Gasteiger partial charge in [0.2, 0.25) is 0 Å². The molecule has 0 spiro atoms. The first kappa shape index (κ1) is 24.5. The molecule has 1 aliphatic rings. The number of hydrogen-bond acceptors (Lipinski definition) is 1. The number of aryl methyl sites for hydroxylation is 3. The third-order valence-corrected chi connectivity index (χ3v) is 7.05. The average Bonchev–Trinajstić information content (AvgIpc) is 2.83. The van der Waals surface area contributed by atoms with Gasteiger partial charge in [-0.15, -0.1) is 13.2 Å². The van der Waals surface area contributed by atoms with Gasteiger partial charge in [0.05, 0.1) is 13.2 Å². The van der Waals surface area contributed by atoms with Gasteiger partial charge in [0.1, 0.15) is 0 Å². The monoisotopic (exact) mass is 430 g/mol. The van der Waals surface area contributed by atoms with Crippen LogP contribution in [-0.2, 0) is 30.6 Å². The predicted molar refractivity (Wildman–Crippen MR) is 138 cm³/mol. The molecule has 1 saturated carbocycles. The fraction of sp³-hybridized carbons (Fsp3) is 0.484. The van der Waals surface area contributed by atoms with Gasteiger partial charge in [-0.25, -0.2) is 0 Å². The highest BCUT2D eigenvalue weighted by Crippen LogP contribution is 2.33. The topological polar surface area (TPSA) is 9.23 Å². The minimum atomic E-state index is 0.606. The third-order valence-electron chi connectivity index (χ3n) is 7.05. The Morgan fingerprint density at radius 1 is 0.656 bits per heavy atom. The first-order valence-corrected chi connectivity index (χ1v) is 12.7. The van der Waals surface area contributed by atoms with Gasteiger partial charge in [-0.3, -0.25) is 0 Å². The van der Waals surface area contributed by atoms with Crippen molar-refractivity contribution in [2.75, 3.05) is 6.61 Å². The number of benzene rings is 2. The SMILES string of the molecule is C=CCOCc1ccc(CCc2ccc(CCCC[C@H]3CC[C@H](CC=C)CC3)cc2)cc1. The van der Waals surface area contributed by atoms with Crippen LogP contribution in [0.4, 0.5) is 0 Å². The first-order chi connectivity index (χ1) is 15.8. The van der Waals surface area contributed by atoms with E-state index in [2.05, 4.69) is 67.8 Å². The van der Waals surface area contributed by atoms with Gasteiger partial charge < -0.3 is 4.74 Å². The number of allylic oxidation sites excluding steroid dienone is 1. The minimum absolute atomic E-state index is 0.606. The highest BCUT2D eigenvalue weighted by molar-refractivity contribution is 5.26. The number of hydrogen-bond donors (Lipinski definition) is 0. The summed E-state index contributed by atoms with van der Waals surface area (Å²) in [5, 5.41) is 0. The summed E-state index contributed by atoms with van der Waals surface area (Å²) in [5.74, 6) is 1.90. The van der Waals surface area contributed by atoms with Crippen LogP contribution < -0.4 is 0 Å². The van der Waals surface area contributed by atoms with Gasteiger partial charge in [-0.05, 0) is 79.0 Å². The molecule has 32 heavy (non-hydrogen) atoms. The summed E-state index contributed by atoms with van der Waals surface area (Å²) in [6, 6.07) is 18.1. The maximum absolute atomic E-state index is 5.51.